The van der Waals surface area contributed by atoms with Gasteiger partial charge in [0.2, 0.25) is 0 Å². The van der Waals surface area contributed by atoms with Gasteiger partial charge in [-0.25, -0.2) is 0 Å². The quantitative estimate of drug-likeness (QED) is 0.288. The summed E-state index contributed by atoms with van der Waals surface area (Å²) in [5, 5.41) is 13.6. The summed E-state index contributed by atoms with van der Waals surface area (Å²) in [7, 11) is 1.49. The number of non-ortho nitro benzene ring substituents is 1. The molecule has 1 fully saturated rings. The Bertz CT molecular complexity index is 1040. The minimum absolute atomic E-state index is 0.0168. The van der Waals surface area contributed by atoms with Crippen LogP contribution in [0.25, 0.3) is 11.8 Å². The van der Waals surface area contributed by atoms with E-state index in [4.69, 9.17) is 12.2 Å². The molecule has 0 bridgehead atoms. The molecule has 1 aromatic heterocycles. The van der Waals surface area contributed by atoms with Gasteiger partial charge in [-0.1, -0.05) is 6.07 Å². The first-order valence-corrected chi connectivity index (χ1v) is 8.40. The minimum Gasteiger partial charge on any atom is -0.318 e. The third kappa shape index (κ3) is 3.24. The highest BCUT2D eigenvalue weighted by atomic mass is 32.1. The van der Waals surface area contributed by atoms with Crippen LogP contribution < -0.4 is 5.32 Å². The minimum atomic E-state index is -0.553. The Morgan fingerprint density at radius 1 is 1.22 bits per heavy atom. The maximum atomic E-state index is 12.4. The summed E-state index contributed by atoms with van der Waals surface area (Å²) in [6, 6.07) is 8.08. The molecular weight excluding hydrogens is 368 g/mol. The number of nitro groups is 1. The molecule has 8 nitrogen and oxygen atoms in total. The molecule has 0 aliphatic carbocycles. The fourth-order valence-corrected chi connectivity index (χ4v) is 3.15. The van der Waals surface area contributed by atoms with Gasteiger partial charge in [-0.05, 0) is 49.8 Å². The summed E-state index contributed by atoms with van der Waals surface area (Å²) in [5.41, 5.74) is 2.81. The van der Waals surface area contributed by atoms with E-state index in [-0.39, 0.29) is 16.4 Å². The van der Waals surface area contributed by atoms with Crippen molar-refractivity contribution in [3.05, 3.63) is 63.0 Å². The van der Waals surface area contributed by atoms with Crippen molar-refractivity contribution in [1.82, 2.24) is 14.8 Å². The van der Waals surface area contributed by atoms with Crippen molar-refractivity contribution in [2.45, 2.75) is 13.8 Å². The van der Waals surface area contributed by atoms with Crippen molar-refractivity contribution >= 4 is 40.9 Å². The third-order valence-electron chi connectivity index (χ3n) is 4.37. The molecule has 1 aliphatic rings. The predicted molar refractivity (Wildman–Crippen MR) is 103 cm³/mol. The standard InChI is InChI=1S/C18H16N4O4S/c1-10-7-12(8-15-16(23)19-18(27)20(3)17(15)24)11(2)21(10)13-5-4-6-14(9-13)22(25)26/h4-9H,1-3H3,(H,19,23,27). The molecule has 1 aromatic carbocycles. The molecule has 1 N–H and O–H groups in total. The molecule has 0 radical (unpaired) electrons. The van der Waals surface area contributed by atoms with E-state index in [2.05, 4.69) is 5.32 Å². The van der Waals surface area contributed by atoms with Crippen LogP contribution in [0, 0.1) is 24.0 Å². The average Bonchev–Trinajstić information content (AvgIpc) is 2.90. The Kier molecular flexibility index (Phi) is 4.63. The van der Waals surface area contributed by atoms with Gasteiger partial charge < -0.3 is 4.57 Å². The molecule has 1 saturated heterocycles. The van der Waals surface area contributed by atoms with Gasteiger partial charge >= 0.3 is 0 Å². The van der Waals surface area contributed by atoms with Crippen LogP contribution in [0.1, 0.15) is 17.0 Å². The van der Waals surface area contributed by atoms with E-state index < -0.39 is 16.7 Å². The van der Waals surface area contributed by atoms with Gasteiger partial charge in [0.25, 0.3) is 17.5 Å². The number of likely N-dealkylation sites (N-methyl/N-ethyl adjacent to an activating group) is 1. The van der Waals surface area contributed by atoms with E-state index in [0.29, 0.717) is 11.3 Å². The van der Waals surface area contributed by atoms with Crippen LogP contribution in [0.4, 0.5) is 5.69 Å². The Morgan fingerprint density at radius 2 is 1.93 bits per heavy atom. The number of carbonyl (C=O) groups is 2. The lowest BCUT2D eigenvalue weighted by Gasteiger charge is -2.25. The van der Waals surface area contributed by atoms with Gasteiger partial charge in [0.15, 0.2) is 5.11 Å². The number of aromatic nitrogens is 1. The average molecular weight is 384 g/mol. The topological polar surface area (TPSA) is 97.5 Å². The van der Waals surface area contributed by atoms with E-state index in [9.17, 15) is 19.7 Å². The summed E-state index contributed by atoms with van der Waals surface area (Å²) < 4.78 is 1.83. The summed E-state index contributed by atoms with van der Waals surface area (Å²) in [6.07, 6.45) is 1.51. The largest absolute Gasteiger partial charge is 0.318 e. The first-order valence-electron chi connectivity index (χ1n) is 7.99. The van der Waals surface area contributed by atoms with Gasteiger partial charge in [-0.2, -0.15) is 0 Å². The number of hydrogen-bond donors (Lipinski definition) is 1. The van der Waals surface area contributed by atoms with E-state index in [0.717, 1.165) is 11.4 Å². The highest BCUT2D eigenvalue weighted by Gasteiger charge is 2.31. The molecular formula is C18H16N4O4S. The Hall–Kier alpha value is -3.33. The van der Waals surface area contributed by atoms with Gasteiger partial charge in [-0.15, -0.1) is 0 Å². The zero-order valence-corrected chi connectivity index (χ0v) is 15.7. The molecule has 0 spiro atoms. The predicted octanol–water partition coefficient (Wildman–Crippen LogP) is 2.26. The first kappa shape index (κ1) is 18.5. The van der Waals surface area contributed by atoms with Gasteiger partial charge in [0.1, 0.15) is 5.57 Å². The lowest BCUT2D eigenvalue weighted by molar-refractivity contribution is -0.384. The zero-order valence-electron chi connectivity index (χ0n) is 14.8. The third-order valence-corrected chi connectivity index (χ3v) is 4.75. The smallest absolute Gasteiger partial charge is 0.271 e. The SMILES string of the molecule is Cc1cc(C=C2C(=O)NC(=S)N(C)C2=O)c(C)n1-c1cccc([N+](=O)[O-])c1. The summed E-state index contributed by atoms with van der Waals surface area (Å²) in [5.74, 6) is -1.04. The maximum Gasteiger partial charge on any atom is 0.271 e. The first-order chi connectivity index (χ1) is 12.7. The van der Waals surface area contributed by atoms with Crippen molar-refractivity contribution < 1.29 is 14.5 Å². The van der Waals surface area contributed by atoms with E-state index in [1.54, 1.807) is 12.1 Å². The fourth-order valence-electron chi connectivity index (χ4n) is 2.98. The summed E-state index contributed by atoms with van der Waals surface area (Å²) in [4.78, 5) is 36.3. The van der Waals surface area contributed by atoms with E-state index >= 15 is 0 Å². The summed E-state index contributed by atoms with van der Waals surface area (Å²) >= 11 is 4.93. The number of amides is 2. The molecule has 27 heavy (non-hydrogen) atoms. The number of nitro benzene ring substituents is 1. The lowest BCUT2D eigenvalue weighted by atomic mass is 10.1. The second-order valence-electron chi connectivity index (χ2n) is 6.12. The van der Waals surface area contributed by atoms with Crippen molar-refractivity contribution in [2.75, 3.05) is 7.05 Å². The number of benzene rings is 1. The van der Waals surface area contributed by atoms with Crippen LogP contribution in [0.5, 0.6) is 0 Å². The molecule has 0 atom stereocenters. The van der Waals surface area contributed by atoms with Crippen LogP contribution in [-0.2, 0) is 9.59 Å². The summed E-state index contributed by atoms with van der Waals surface area (Å²) in [6.45, 7) is 3.66. The number of carbonyl (C=O) groups excluding carboxylic acids is 2. The molecule has 9 heteroatoms. The van der Waals surface area contributed by atoms with Crippen molar-refractivity contribution in [3.8, 4) is 5.69 Å². The van der Waals surface area contributed by atoms with Crippen LogP contribution >= 0.6 is 12.2 Å². The molecule has 2 amide bonds. The van der Waals surface area contributed by atoms with Gasteiger partial charge in [-0.3, -0.25) is 29.9 Å². The van der Waals surface area contributed by atoms with Gasteiger partial charge in [0.05, 0.1) is 10.6 Å². The van der Waals surface area contributed by atoms with Crippen LogP contribution in [-0.4, -0.2) is 38.4 Å². The highest BCUT2D eigenvalue weighted by Crippen LogP contribution is 2.26. The molecule has 1 aliphatic heterocycles. The zero-order chi connectivity index (χ0) is 19.9. The van der Waals surface area contributed by atoms with E-state index in [1.165, 1.54) is 30.2 Å². The van der Waals surface area contributed by atoms with Crippen molar-refractivity contribution in [1.29, 1.82) is 0 Å². The number of hydrogen-bond acceptors (Lipinski definition) is 5. The second kappa shape index (κ2) is 6.76. The molecule has 2 aromatic rings. The maximum absolute atomic E-state index is 12.4. The van der Waals surface area contributed by atoms with Gasteiger partial charge in [0, 0.05) is 30.6 Å². The Morgan fingerprint density at radius 3 is 2.59 bits per heavy atom. The van der Waals surface area contributed by atoms with E-state index in [1.807, 2.05) is 24.5 Å². The highest BCUT2D eigenvalue weighted by molar-refractivity contribution is 7.80. The number of aryl methyl sites for hydroxylation is 1. The molecule has 138 valence electrons. The Balaban J connectivity index is 2.08. The molecule has 3 rings (SSSR count). The fraction of sp³-hybridized carbons (Fsp3) is 0.167. The Labute approximate surface area is 160 Å². The number of thiocarbonyl (C=S) groups is 1. The number of nitrogens with one attached hydrogen (secondary N) is 1. The second-order valence-corrected chi connectivity index (χ2v) is 6.51. The van der Waals surface area contributed by atoms with Crippen molar-refractivity contribution in [3.63, 3.8) is 0 Å². The molecule has 2 heterocycles. The monoisotopic (exact) mass is 384 g/mol. The normalized spacial score (nSPS) is 16.0. The van der Waals surface area contributed by atoms with Crippen LogP contribution in [0.2, 0.25) is 0 Å². The van der Waals surface area contributed by atoms with Crippen LogP contribution in [0.3, 0.4) is 0 Å². The van der Waals surface area contributed by atoms with Crippen LogP contribution in [0.15, 0.2) is 35.9 Å². The number of rotatable bonds is 3. The molecule has 0 unspecified atom stereocenters. The molecule has 0 saturated carbocycles. The number of nitrogens with zero attached hydrogens (tertiary/aromatic N) is 3. The van der Waals surface area contributed by atoms with Crippen molar-refractivity contribution in [2.24, 2.45) is 0 Å². The lowest BCUT2D eigenvalue weighted by Crippen LogP contribution is -2.52.